The highest BCUT2D eigenvalue weighted by molar-refractivity contribution is 7.23. The van der Waals surface area contributed by atoms with Crippen LogP contribution < -0.4 is 30.5 Å². The summed E-state index contributed by atoms with van der Waals surface area (Å²) in [6, 6.07) is 21.9. The van der Waals surface area contributed by atoms with Gasteiger partial charge in [-0.2, -0.15) is 0 Å². The van der Waals surface area contributed by atoms with Crippen molar-refractivity contribution in [1.29, 1.82) is 0 Å². The zero-order valence-electron chi connectivity index (χ0n) is 27.2. The largest absolute Gasteiger partial charge is 0.496 e. The van der Waals surface area contributed by atoms with E-state index in [1.165, 1.54) is 41.9 Å². The normalized spacial score (nSPS) is 10.7. The van der Waals surface area contributed by atoms with Crippen LogP contribution in [0.2, 0.25) is 0 Å². The van der Waals surface area contributed by atoms with Crippen molar-refractivity contribution in [1.82, 2.24) is 0 Å². The molecule has 6 rings (SSSR count). The van der Waals surface area contributed by atoms with Crippen LogP contribution >= 0.6 is 22.7 Å². The van der Waals surface area contributed by atoms with Gasteiger partial charge in [-0.05, 0) is 24.3 Å². The van der Waals surface area contributed by atoms with Crippen LogP contribution in [0, 0.1) is 0 Å². The van der Waals surface area contributed by atoms with Gasteiger partial charge in [0.05, 0.1) is 40.7 Å². The first-order valence-electron chi connectivity index (χ1n) is 14.7. The predicted octanol–water partition coefficient (Wildman–Crippen LogP) is 6.48. The van der Waals surface area contributed by atoms with E-state index in [9.17, 15) is 19.2 Å². The number of benzene rings is 2. The van der Waals surface area contributed by atoms with Gasteiger partial charge in [0, 0.05) is 50.4 Å². The third-order valence-corrected chi connectivity index (χ3v) is 9.76. The number of nitrogens with zero attached hydrogens (tertiary/aromatic N) is 2. The fourth-order valence-electron chi connectivity index (χ4n) is 4.91. The molecule has 6 aromatic rings. The Balaban J connectivity index is 0.000000191. The lowest BCUT2D eigenvalue weighted by Gasteiger charge is -2.18. The standard InChI is InChI=1S/C18H17NO5S.C17H15NO5S/c1-19(10-11-6-4-5-7-13(11)22-2)16-9-14-15(25-16)8-12(17(20)23-3)18(21)24-14;1-18(9-10-5-3-4-6-12(10)22-2)15-8-13-14(24-15)7-11(16(19)20)17(21)23-13/h4-9H,10H2,1-3H3;3-8H,9H2,1-2H3,(H,19,20). The van der Waals surface area contributed by atoms with Crippen LogP contribution in [0.4, 0.5) is 10.0 Å². The number of anilines is 2. The first-order valence-corrected chi connectivity index (χ1v) is 16.3. The molecule has 49 heavy (non-hydrogen) atoms. The predicted molar refractivity (Wildman–Crippen MR) is 189 cm³/mol. The monoisotopic (exact) mass is 704 g/mol. The molecule has 2 aromatic carbocycles. The molecule has 0 amide bonds. The molecule has 0 spiro atoms. The van der Waals surface area contributed by atoms with E-state index in [4.69, 9.17) is 23.4 Å². The Labute approximate surface area is 287 Å². The molecular formula is C35H32N2O10S2. The minimum absolute atomic E-state index is 0.101. The van der Waals surface area contributed by atoms with Gasteiger partial charge in [-0.3, -0.25) is 0 Å². The number of carboxylic acids is 1. The molecule has 0 fully saturated rings. The number of aromatic carboxylic acids is 1. The van der Waals surface area contributed by atoms with E-state index in [1.807, 2.05) is 72.4 Å². The molecule has 4 aromatic heterocycles. The van der Waals surface area contributed by atoms with Gasteiger partial charge >= 0.3 is 23.2 Å². The van der Waals surface area contributed by atoms with Crippen molar-refractivity contribution in [3.05, 3.63) is 116 Å². The Morgan fingerprint density at radius 3 is 1.55 bits per heavy atom. The van der Waals surface area contributed by atoms with Gasteiger partial charge in [-0.1, -0.05) is 36.4 Å². The quantitative estimate of drug-likeness (QED) is 0.156. The van der Waals surface area contributed by atoms with Gasteiger partial charge in [-0.15, -0.1) is 22.7 Å². The van der Waals surface area contributed by atoms with Crippen LogP contribution in [-0.4, -0.2) is 52.5 Å². The van der Waals surface area contributed by atoms with Gasteiger partial charge in [0.1, 0.15) is 22.6 Å². The Morgan fingerprint density at radius 1 is 0.694 bits per heavy atom. The molecule has 14 heteroatoms. The van der Waals surface area contributed by atoms with Crippen LogP contribution in [0.1, 0.15) is 31.8 Å². The van der Waals surface area contributed by atoms with Gasteiger partial charge in [-0.25, -0.2) is 19.2 Å². The smallest absolute Gasteiger partial charge is 0.351 e. The Bertz CT molecular complexity index is 2250. The number of methoxy groups -OCH3 is 3. The minimum Gasteiger partial charge on any atom is -0.496 e. The van der Waals surface area contributed by atoms with E-state index in [2.05, 4.69) is 4.74 Å². The summed E-state index contributed by atoms with van der Waals surface area (Å²) < 4.78 is 27.0. The maximum absolute atomic E-state index is 11.9. The highest BCUT2D eigenvalue weighted by Crippen LogP contribution is 2.34. The van der Waals surface area contributed by atoms with E-state index in [0.29, 0.717) is 33.7 Å². The Morgan fingerprint density at radius 2 is 1.12 bits per heavy atom. The number of carboxylic acid groups (broad SMARTS) is 1. The maximum atomic E-state index is 11.9. The fraction of sp³-hybridized carbons (Fsp3) is 0.200. The minimum atomic E-state index is -1.29. The SMILES string of the molecule is COC(=O)c1cc2sc(N(C)Cc3ccccc3OC)cc2oc1=O.COc1ccccc1CN(C)c1cc2oc(=O)c(C(=O)O)cc2s1. The van der Waals surface area contributed by atoms with Gasteiger partial charge < -0.3 is 38.0 Å². The van der Waals surface area contributed by atoms with Crippen LogP contribution in [0.5, 0.6) is 11.5 Å². The van der Waals surface area contributed by atoms with Crippen molar-refractivity contribution in [2.45, 2.75) is 13.1 Å². The number of para-hydroxylation sites is 2. The maximum Gasteiger partial charge on any atom is 0.351 e. The molecular weight excluding hydrogens is 673 g/mol. The third-order valence-electron chi connectivity index (χ3n) is 7.41. The van der Waals surface area contributed by atoms with Crippen molar-refractivity contribution in [2.24, 2.45) is 0 Å². The molecule has 0 aliphatic rings. The highest BCUT2D eigenvalue weighted by Gasteiger charge is 2.18. The van der Waals surface area contributed by atoms with Crippen LogP contribution in [0.15, 0.2) is 91.2 Å². The molecule has 254 valence electrons. The number of rotatable bonds is 10. The lowest BCUT2D eigenvalue weighted by molar-refractivity contribution is 0.0595. The molecule has 0 radical (unpaired) electrons. The molecule has 0 saturated carbocycles. The number of ether oxygens (including phenoxy) is 3. The van der Waals surface area contributed by atoms with Crippen LogP contribution in [-0.2, 0) is 17.8 Å². The first-order chi connectivity index (χ1) is 23.5. The van der Waals surface area contributed by atoms with Crippen LogP contribution in [0.3, 0.4) is 0 Å². The summed E-state index contributed by atoms with van der Waals surface area (Å²) in [5.74, 6) is -0.379. The summed E-state index contributed by atoms with van der Waals surface area (Å²) in [6.07, 6.45) is 0. The van der Waals surface area contributed by atoms with Gasteiger partial charge in [0.2, 0.25) is 0 Å². The van der Waals surface area contributed by atoms with E-state index in [1.54, 1.807) is 26.4 Å². The van der Waals surface area contributed by atoms with Crippen molar-refractivity contribution >= 4 is 65.2 Å². The van der Waals surface area contributed by atoms with Gasteiger partial charge in [0.15, 0.2) is 11.2 Å². The van der Waals surface area contributed by atoms with Crippen molar-refractivity contribution in [3.8, 4) is 11.5 Å². The highest BCUT2D eigenvalue weighted by atomic mass is 32.1. The summed E-state index contributed by atoms with van der Waals surface area (Å²) in [4.78, 5) is 50.2. The Kier molecular flexibility index (Phi) is 10.7. The first kappa shape index (κ1) is 34.7. The molecule has 0 aliphatic heterocycles. The fourth-order valence-corrected chi connectivity index (χ4v) is 6.89. The number of fused-ring (bicyclic) bond motifs is 2. The lowest BCUT2D eigenvalue weighted by atomic mass is 10.2. The van der Waals surface area contributed by atoms with E-state index >= 15 is 0 Å². The zero-order valence-corrected chi connectivity index (χ0v) is 28.8. The number of hydrogen-bond donors (Lipinski definition) is 1. The summed E-state index contributed by atoms with van der Waals surface area (Å²) in [6.45, 7) is 1.23. The average Bonchev–Trinajstić information content (AvgIpc) is 3.71. The van der Waals surface area contributed by atoms with Crippen molar-refractivity contribution < 1.29 is 37.7 Å². The zero-order chi connectivity index (χ0) is 35.2. The van der Waals surface area contributed by atoms with Crippen molar-refractivity contribution in [2.75, 3.05) is 45.2 Å². The third kappa shape index (κ3) is 7.77. The second-order valence-electron chi connectivity index (χ2n) is 10.7. The summed E-state index contributed by atoms with van der Waals surface area (Å²) >= 11 is 2.80. The van der Waals surface area contributed by atoms with E-state index < -0.39 is 23.2 Å². The molecule has 1 N–H and O–H groups in total. The topological polar surface area (TPSA) is 149 Å². The van der Waals surface area contributed by atoms with E-state index in [-0.39, 0.29) is 11.1 Å². The molecule has 0 bridgehead atoms. The second kappa shape index (κ2) is 15.1. The summed E-state index contributed by atoms with van der Waals surface area (Å²) in [5, 5.41) is 10.8. The molecule has 0 unspecified atom stereocenters. The molecule has 0 atom stereocenters. The summed E-state index contributed by atoms with van der Waals surface area (Å²) in [7, 11) is 8.35. The molecule has 4 heterocycles. The second-order valence-corrected chi connectivity index (χ2v) is 12.8. The van der Waals surface area contributed by atoms with E-state index in [0.717, 1.165) is 32.6 Å². The number of esters is 1. The van der Waals surface area contributed by atoms with Crippen molar-refractivity contribution in [3.63, 3.8) is 0 Å². The average molecular weight is 705 g/mol. The molecule has 12 nitrogen and oxygen atoms in total. The number of carbonyl (C=O) groups excluding carboxylic acids is 1. The lowest BCUT2D eigenvalue weighted by Crippen LogP contribution is -2.15. The van der Waals surface area contributed by atoms with Crippen LogP contribution in [0.25, 0.3) is 20.6 Å². The molecule has 0 aliphatic carbocycles. The van der Waals surface area contributed by atoms with Gasteiger partial charge in [0.25, 0.3) is 0 Å². The molecule has 0 saturated heterocycles. The number of hydrogen-bond acceptors (Lipinski definition) is 13. The number of thiophene rings is 2. The Hall–Kier alpha value is -5.60. The summed E-state index contributed by atoms with van der Waals surface area (Å²) in [5.41, 5.74) is 0.901. The number of carbonyl (C=O) groups is 2.